The predicted molar refractivity (Wildman–Crippen MR) is 41.6 cm³/mol. The predicted octanol–water partition coefficient (Wildman–Crippen LogP) is -0.0154. The molecule has 0 aromatic heterocycles. The number of aliphatic hydroxyl groups excluding tert-OH is 2. The van der Waals surface area contributed by atoms with Crippen molar-refractivity contribution in [1.82, 2.24) is 0 Å². The van der Waals surface area contributed by atoms with Gasteiger partial charge in [0.2, 0.25) is 0 Å². The molecule has 4 nitrogen and oxygen atoms in total. The molecule has 1 unspecified atom stereocenters. The normalized spacial score (nSPS) is 22.8. The third-order valence-electron chi connectivity index (χ3n) is 2.60. The molecule has 0 radical (unpaired) electrons. The Bertz CT molecular complexity index is 174. The summed E-state index contributed by atoms with van der Waals surface area (Å²) in [6.45, 7) is -0.352. The number of hydrogen-bond acceptors (Lipinski definition) is 3. The second-order valence-electron chi connectivity index (χ2n) is 3.48. The fraction of sp³-hybridized carbons (Fsp3) is 0.875. The van der Waals surface area contributed by atoms with Crippen molar-refractivity contribution in [2.45, 2.75) is 31.8 Å². The van der Waals surface area contributed by atoms with Gasteiger partial charge in [-0.25, -0.2) is 0 Å². The summed E-state index contributed by atoms with van der Waals surface area (Å²) in [7, 11) is 0. The summed E-state index contributed by atoms with van der Waals surface area (Å²) in [5, 5.41) is 26.5. The molecule has 1 fully saturated rings. The van der Waals surface area contributed by atoms with Gasteiger partial charge in [0.05, 0.1) is 18.1 Å². The number of rotatable bonds is 4. The molecule has 1 aliphatic carbocycles. The first-order chi connectivity index (χ1) is 5.60. The molecule has 3 N–H and O–H groups in total. The van der Waals surface area contributed by atoms with E-state index in [4.69, 9.17) is 15.3 Å². The molecule has 0 aromatic rings. The molecule has 1 saturated carbocycles. The van der Waals surface area contributed by atoms with Crippen molar-refractivity contribution >= 4 is 5.97 Å². The molecule has 0 spiro atoms. The molecule has 0 bridgehead atoms. The summed E-state index contributed by atoms with van der Waals surface area (Å²) in [6, 6.07) is 0. The average molecular weight is 174 g/mol. The summed E-state index contributed by atoms with van der Waals surface area (Å²) in [6.07, 6.45) is 1.45. The van der Waals surface area contributed by atoms with Crippen LogP contribution in [0.25, 0.3) is 0 Å². The molecule has 12 heavy (non-hydrogen) atoms. The molecule has 1 rings (SSSR count). The Morgan fingerprint density at radius 3 is 2.33 bits per heavy atom. The molecule has 1 aliphatic rings. The van der Waals surface area contributed by atoms with Gasteiger partial charge in [-0.3, -0.25) is 4.79 Å². The smallest absolute Gasteiger partial charge is 0.309 e. The average Bonchev–Trinajstić information content (AvgIpc) is 1.95. The van der Waals surface area contributed by atoms with Crippen molar-refractivity contribution in [3.63, 3.8) is 0 Å². The van der Waals surface area contributed by atoms with Crippen molar-refractivity contribution in [1.29, 1.82) is 0 Å². The molecule has 0 saturated heterocycles. The lowest BCUT2D eigenvalue weighted by Crippen LogP contribution is -2.41. The Hall–Kier alpha value is -0.610. The highest BCUT2D eigenvalue weighted by Gasteiger charge is 2.45. The Morgan fingerprint density at radius 2 is 2.08 bits per heavy atom. The first-order valence-electron chi connectivity index (χ1n) is 4.13. The molecule has 0 aromatic carbocycles. The first-order valence-corrected chi connectivity index (χ1v) is 4.13. The summed E-state index contributed by atoms with van der Waals surface area (Å²) in [5.41, 5.74) is -0.748. The monoisotopic (exact) mass is 174 g/mol. The minimum atomic E-state index is -0.888. The van der Waals surface area contributed by atoms with Gasteiger partial charge in [0.15, 0.2) is 0 Å². The van der Waals surface area contributed by atoms with E-state index >= 15 is 0 Å². The fourth-order valence-corrected chi connectivity index (χ4v) is 1.62. The maximum absolute atomic E-state index is 10.8. The van der Waals surface area contributed by atoms with Crippen LogP contribution < -0.4 is 0 Å². The molecule has 0 heterocycles. The van der Waals surface area contributed by atoms with Gasteiger partial charge in [-0.15, -0.1) is 0 Å². The Kier molecular flexibility index (Phi) is 2.69. The van der Waals surface area contributed by atoms with Crippen LogP contribution in [0.5, 0.6) is 0 Å². The van der Waals surface area contributed by atoms with Crippen molar-refractivity contribution in [3.8, 4) is 0 Å². The quantitative estimate of drug-likeness (QED) is 0.560. The van der Waals surface area contributed by atoms with Crippen molar-refractivity contribution < 1.29 is 20.1 Å². The van der Waals surface area contributed by atoms with E-state index in [-0.39, 0.29) is 13.0 Å². The first kappa shape index (κ1) is 9.48. The maximum Gasteiger partial charge on any atom is 0.309 e. The van der Waals surface area contributed by atoms with Gasteiger partial charge in [-0.05, 0) is 19.3 Å². The third-order valence-corrected chi connectivity index (χ3v) is 2.60. The molecular weight excluding hydrogens is 160 g/mol. The van der Waals surface area contributed by atoms with Crippen LogP contribution in [0.4, 0.5) is 0 Å². The van der Waals surface area contributed by atoms with E-state index in [0.717, 1.165) is 6.42 Å². The van der Waals surface area contributed by atoms with Crippen molar-refractivity contribution in [3.05, 3.63) is 0 Å². The highest BCUT2D eigenvalue weighted by Crippen LogP contribution is 2.44. The topological polar surface area (TPSA) is 77.8 Å². The van der Waals surface area contributed by atoms with Gasteiger partial charge in [0.1, 0.15) is 0 Å². The SMILES string of the molecule is O=C(O)C1(CC(O)CO)CCC1. The van der Waals surface area contributed by atoms with Crippen LogP contribution in [0.15, 0.2) is 0 Å². The minimum Gasteiger partial charge on any atom is -0.481 e. The molecule has 70 valence electrons. The lowest BCUT2D eigenvalue weighted by atomic mass is 9.66. The standard InChI is InChI=1S/C8H14O4/c9-5-6(10)4-8(7(11)12)2-1-3-8/h6,9-10H,1-5H2,(H,11,12). The van der Waals surface area contributed by atoms with E-state index in [0.29, 0.717) is 12.8 Å². The second-order valence-corrected chi connectivity index (χ2v) is 3.48. The summed E-state index contributed by atoms with van der Waals surface area (Å²) in [5.74, 6) is -0.846. The van der Waals surface area contributed by atoms with Gasteiger partial charge in [-0.2, -0.15) is 0 Å². The van der Waals surface area contributed by atoms with Gasteiger partial charge in [0.25, 0.3) is 0 Å². The van der Waals surface area contributed by atoms with E-state index in [1.54, 1.807) is 0 Å². The zero-order chi connectivity index (χ0) is 9.19. The summed E-state index contributed by atoms with van der Waals surface area (Å²) < 4.78 is 0. The molecule has 0 amide bonds. The summed E-state index contributed by atoms with van der Waals surface area (Å²) >= 11 is 0. The van der Waals surface area contributed by atoms with Crippen LogP contribution in [0.2, 0.25) is 0 Å². The lowest BCUT2D eigenvalue weighted by molar-refractivity contribution is -0.157. The van der Waals surface area contributed by atoms with Gasteiger partial charge in [0, 0.05) is 0 Å². The third kappa shape index (κ3) is 1.59. The van der Waals surface area contributed by atoms with Crippen molar-refractivity contribution in [2.24, 2.45) is 5.41 Å². The van der Waals surface area contributed by atoms with E-state index in [2.05, 4.69) is 0 Å². The largest absolute Gasteiger partial charge is 0.481 e. The van der Waals surface area contributed by atoms with Crippen molar-refractivity contribution in [2.75, 3.05) is 6.61 Å². The number of hydrogen-bond donors (Lipinski definition) is 3. The van der Waals surface area contributed by atoms with Gasteiger partial charge < -0.3 is 15.3 Å². The number of carboxylic acid groups (broad SMARTS) is 1. The Morgan fingerprint density at radius 1 is 1.50 bits per heavy atom. The zero-order valence-electron chi connectivity index (χ0n) is 6.86. The van der Waals surface area contributed by atoms with Crippen LogP contribution in [-0.4, -0.2) is 34.0 Å². The van der Waals surface area contributed by atoms with Gasteiger partial charge >= 0.3 is 5.97 Å². The molecule has 0 aliphatic heterocycles. The molecular formula is C8H14O4. The van der Waals surface area contributed by atoms with E-state index in [9.17, 15) is 4.79 Å². The van der Waals surface area contributed by atoms with Crippen LogP contribution in [-0.2, 0) is 4.79 Å². The van der Waals surface area contributed by atoms with Crippen LogP contribution in [0.3, 0.4) is 0 Å². The minimum absolute atomic E-state index is 0.179. The molecule has 4 heteroatoms. The summed E-state index contributed by atoms with van der Waals surface area (Å²) in [4.78, 5) is 10.8. The highest BCUT2D eigenvalue weighted by atomic mass is 16.4. The van der Waals surface area contributed by atoms with E-state index in [1.165, 1.54) is 0 Å². The highest BCUT2D eigenvalue weighted by molar-refractivity contribution is 5.75. The number of carboxylic acids is 1. The zero-order valence-corrected chi connectivity index (χ0v) is 6.86. The van der Waals surface area contributed by atoms with E-state index in [1.807, 2.05) is 0 Å². The number of carbonyl (C=O) groups is 1. The molecule has 1 atom stereocenters. The number of aliphatic hydroxyl groups is 2. The fourth-order valence-electron chi connectivity index (χ4n) is 1.62. The number of aliphatic carboxylic acids is 1. The van der Waals surface area contributed by atoms with Gasteiger partial charge in [-0.1, -0.05) is 6.42 Å². The van der Waals surface area contributed by atoms with Crippen LogP contribution in [0, 0.1) is 5.41 Å². The Labute approximate surface area is 70.8 Å². The second kappa shape index (κ2) is 3.41. The van der Waals surface area contributed by atoms with Crippen LogP contribution >= 0.6 is 0 Å². The lowest BCUT2D eigenvalue weighted by Gasteiger charge is -2.38. The van der Waals surface area contributed by atoms with E-state index < -0.39 is 17.5 Å². The van der Waals surface area contributed by atoms with Crippen LogP contribution in [0.1, 0.15) is 25.7 Å². The Balaban J connectivity index is 2.50. The maximum atomic E-state index is 10.8.